The largest absolute Gasteiger partial charge is 0.271 e. The lowest BCUT2D eigenvalue weighted by Crippen LogP contribution is -2.37. The molecule has 1 fully saturated rings. The topological polar surface area (TPSA) is 38.0 Å². The van der Waals surface area contributed by atoms with Crippen LogP contribution in [-0.4, -0.2) is 17.0 Å². The lowest BCUT2D eigenvalue weighted by atomic mass is 10.1. The molecule has 1 aromatic rings. The fourth-order valence-electron chi connectivity index (χ4n) is 2.72. The molecular weight excluding hydrogens is 252 g/mol. The van der Waals surface area contributed by atoms with E-state index in [0.29, 0.717) is 6.04 Å². The number of nitrogens with two attached hydrogens (primary N) is 1. The van der Waals surface area contributed by atoms with Gasteiger partial charge in [-0.2, -0.15) is 11.8 Å². The van der Waals surface area contributed by atoms with Crippen LogP contribution in [0, 0.1) is 0 Å². The Balaban J connectivity index is 1.61. The quantitative estimate of drug-likeness (QED) is 0.564. The molecule has 0 spiro atoms. The number of hydrogen-bond donors (Lipinski definition) is 2. The van der Waals surface area contributed by atoms with E-state index in [0.717, 1.165) is 17.4 Å². The van der Waals surface area contributed by atoms with Crippen molar-refractivity contribution in [3.8, 4) is 0 Å². The third-order valence-corrected chi connectivity index (χ3v) is 5.47. The van der Waals surface area contributed by atoms with Crippen molar-refractivity contribution in [1.29, 1.82) is 0 Å². The zero-order chi connectivity index (χ0) is 13.3. The molecule has 0 radical (unpaired) electrons. The summed E-state index contributed by atoms with van der Waals surface area (Å²) in [6.45, 7) is 0. The van der Waals surface area contributed by atoms with Crippen LogP contribution in [0.25, 0.3) is 0 Å². The summed E-state index contributed by atoms with van der Waals surface area (Å²) in [5.41, 5.74) is 4.42. The van der Waals surface area contributed by atoms with Crippen LogP contribution in [0.1, 0.15) is 44.1 Å². The number of benzene rings is 1. The Hall–Kier alpha value is -0.510. The van der Waals surface area contributed by atoms with Gasteiger partial charge < -0.3 is 0 Å². The SMILES string of the molecule is NNC(CCCc1ccccc1)CSC1CCCC1. The molecule has 1 unspecified atom stereocenters. The summed E-state index contributed by atoms with van der Waals surface area (Å²) < 4.78 is 0. The number of rotatable bonds is 8. The number of hydrazine groups is 1. The molecule has 2 nitrogen and oxygen atoms in total. The summed E-state index contributed by atoms with van der Waals surface area (Å²) in [6, 6.07) is 11.2. The second kappa shape index (κ2) is 8.62. The van der Waals surface area contributed by atoms with Crippen LogP contribution < -0.4 is 11.3 Å². The highest BCUT2D eigenvalue weighted by Gasteiger charge is 2.17. The molecule has 1 atom stereocenters. The molecular formula is C16H26N2S. The van der Waals surface area contributed by atoms with E-state index in [-0.39, 0.29) is 0 Å². The second-order valence-corrected chi connectivity index (χ2v) is 6.81. The number of aryl methyl sites for hydroxylation is 1. The normalized spacial score (nSPS) is 17.7. The van der Waals surface area contributed by atoms with Crippen molar-refractivity contribution in [3.63, 3.8) is 0 Å². The summed E-state index contributed by atoms with van der Waals surface area (Å²) in [7, 11) is 0. The van der Waals surface area contributed by atoms with Crippen molar-refractivity contribution in [3.05, 3.63) is 35.9 Å². The van der Waals surface area contributed by atoms with Crippen molar-refractivity contribution in [2.24, 2.45) is 5.84 Å². The Morgan fingerprint density at radius 2 is 1.95 bits per heavy atom. The third kappa shape index (κ3) is 5.55. The highest BCUT2D eigenvalue weighted by molar-refractivity contribution is 7.99. The van der Waals surface area contributed by atoms with E-state index in [9.17, 15) is 0 Å². The second-order valence-electron chi connectivity index (χ2n) is 5.48. The molecule has 19 heavy (non-hydrogen) atoms. The summed E-state index contributed by atoms with van der Waals surface area (Å²) in [6.07, 6.45) is 9.21. The summed E-state index contributed by atoms with van der Waals surface area (Å²) in [5.74, 6) is 6.84. The summed E-state index contributed by atoms with van der Waals surface area (Å²) in [5, 5.41) is 0.893. The lowest BCUT2D eigenvalue weighted by molar-refractivity contribution is 0.519. The Morgan fingerprint density at radius 1 is 1.21 bits per heavy atom. The first-order chi connectivity index (χ1) is 9.38. The number of hydrogen-bond acceptors (Lipinski definition) is 3. The molecule has 3 N–H and O–H groups in total. The van der Waals surface area contributed by atoms with Crippen molar-refractivity contribution >= 4 is 11.8 Å². The van der Waals surface area contributed by atoms with Crippen molar-refractivity contribution in [2.75, 3.05) is 5.75 Å². The minimum atomic E-state index is 0.467. The Kier molecular flexibility index (Phi) is 6.75. The standard InChI is InChI=1S/C16H26N2S/c17-18-15(13-19-16-11-4-5-12-16)10-6-9-14-7-2-1-3-8-14/h1-3,7-8,15-16,18H,4-6,9-13,17H2. The molecule has 1 saturated carbocycles. The summed E-state index contributed by atoms with van der Waals surface area (Å²) in [4.78, 5) is 0. The molecule has 0 heterocycles. The van der Waals surface area contributed by atoms with E-state index in [1.165, 1.54) is 44.1 Å². The van der Waals surface area contributed by atoms with Crippen LogP contribution in [0.4, 0.5) is 0 Å². The van der Waals surface area contributed by atoms with Gasteiger partial charge >= 0.3 is 0 Å². The zero-order valence-corrected chi connectivity index (χ0v) is 12.5. The minimum Gasteiger partial charge on any atom is -0.271 e. The Bertz CT molecular complexity index is 336. The zero-order valence-electron chi connectivity index (χ0n) is 11.7. The van der Waals surface area contributed by atoms with Gasteiger partial charge in [0.1, 0.15) is 0 Å². The molecule has 0 aromatic heterocycles. The molecule has 1 aromatic carbocycles. The van der Waals surface area contributed by atoms with Crippen LogP contribution in [0.5, 0.6) is 0 Å². The molecule has 3 heteroatoms. The van der Waals surface area contributed by atoms with E-state index >= 15 is 0 Å². The Morgan fingerprint density at radius 3 is 2.63 bits per heavy atom. The van der Waals surface area contributed by atoms with Crippen LogP contribution in [-0.2, 0) is 6.42 Å². The van der Waals surface area contributed by atoms with Gasteiger partial charge in [0.05, 0.1) is 0 Å². The molecule has 0 bridgehead atoms. The molecule has 0 aliphatic heterocycles. The van der Waals surface area contributed by atoms with E-state index in [2.05, 4.69) is 47.5 Å². The predicted molar refractivity (Wildman–Crippen MR) is 85.2 cm³/mol. The molecule has 1 aliphatic carbocycles. The van der Waals surface area contributed by atoms with Gasteiger partial charge in [0.2, 0.25) is 0 Å². The minimum absolute atomic E-state index is 0.467. The molecule has 0 amide bonds. The van der Waals surface area contributed by atoms with Crippen molar-refractivity contribution in [1.82, 2.24) is 5.43 Å². The smallest absolute Gasteiger partial charge is 0.0301 e. The van der Waals surface area contributed by atoms with Crippen LogP contribution in [0.2, 0.25) is 0 Å². The van der Waals surface area contributed by atoms with E-state index in [4.69, 9.17) is 5.84 Å². The van der Waals surface area contributed by atoms with E-state index < -0.39 is 0 Å². The predicted octanol–water partition coefficient (Wildman–Crippen LogP) is 3.52. The molecule has 2 rings (SSSR count). The highest BCUT2D eigenvalue weighted by atomic mass is 32.2. The van der Waals surface area contributed by atoms with Gasteiger partial charge in [0.25, 0.3) is 0 Å². The number of thioether (sulfide) groups is 1. The van der Waals surface area contributed by atoms with Crippen LogP contribution >= 0.6 is 11.8 Å². The molecule has 106 valence electrons. The van der Waals surface area contributed by atoms with Gasteiger partial charge in [-0.15, -0.1) is 0 Å². The van der Waals surface area contributed by atoms with Crippen LogP contribution in [0.15, 0.2) is 30.3 Å². The molecule has 1 aliphatic rings. The maximum absolute atomic E-state index is 5.67. The maximum atomic E-state index is 5.67. The third-order valence-electron chi connectivity index (χ3n) is 3.93. The van der Waals surface area contributed by atoms with Gasteiger partial charge in [-0.3, -0.25) is 11.3 Å². The first kappa shape index (κ1) is 14.9. The fourth-order valence-corrected chi connectivity index (χ4v) is 4.15. The van der Waals surface area contributed by atoms with Crippen molar-refractivity contribution < 1.29 is 0 Å². The molecule has 0 saturated heterocycles. The average molecular weight is 278 g/mol. The van der Waals surface area contributed by atoms with Gasteiger partial charge in [0, 0.05) is 17.0 Å². The monoisotopic (exact) mass is 278 g/mol. The first-order valence-corrected chi connectivity index (χ1v) is 8.55. The van der Waals surface area contributed by atoms with E-state index in [1.54, 1.807) is 0 Å². The maximum Gasteiger partial charge on any atom is 0.0301 e. The average Bonchev–Trinajstić information content (AvgIpc) is 2.97. The van der Waals surface area contributed by atoms with Crippen LogP contribution in [0.3, 0.4) is 0 Å². The lowest BCUT2D eigenvalue weighted by Gasteiger charge is -2.17. The van der Waals surface area contributed by atoms with Gasteiger partial charge in [-0.25, -0.2) is 0 Å². The van der Waals surface area contributed by atoms with Gasteiger partial charge in [-0.05, 0) is 37.7 Å². The Labute approximate surface area is 121 Å². The van der Waals surface area contributed by atoms with E-state index in [1.807, 2.05) is 0 Å². The first-order valence-electron chi connectivity index (χ1n) is 7.50. The highest BCUT2D eigenvalue weighted by Crippen LogP contribution is 2.30. The van der Waals surface area contributed by atoms with Gasteiger partial charge in [0.15, 0.2) is 0 Å². The van der Waals surface area contributed by atoms with Gasteiger partial charge in [-0.1, -0.05) is 43.2 Å². The summed E-state index contributed by atoms with van der Waals surface area (Å²) >= 11 is 2.12. The number of nitrogens with one attached hydrogen (secondary N) is 1. The fraction of sp³-hybridized carbons (Fsp3) is 0.625. The van der Waals surface area contributed by atoms with Crippen molar-refractivity contribution in [2.45, 2.75) is 56.2 Å².